The lowest BCUT2D eigenvalue weighted by atomic mass is 9.82. The minimum absolute atomic E-state index is 0.224. The average Bonchev–Trinajstić information content (AvgIpc) is 2.70. The minimum atomic E-state index is 0.224. The van der Waals surface area contributed by atoms with Crippen molar-refractivity contribution in [3.63, 3.8) is 0 Å². The van der Waals surface area contributed by atoms with Crippen molar-refractivity contribution < 1.29 is 0 Å². The fraction of sp³-hybridized carbons (Fsp3) is 0.400. The smallest absolute Gasteiger partial charge is 0.121 e. The summed E-state index contributed by atoms with van der Waals surface area (Å²) in [6, 6.07) is 10.5. The lowest BCUT2D eigenvalue weighted by Gasteiger charge is -2.23. The van der Waals surface area contributed by atoms with Crippen LogP contribution in [0.2, 0.25) is 0 Å². The molecule has 0 fully saturated rings. The SMILES string of the molecule is CCC(C)(C)c1ccc(-c2cc(N)n(C)n2)cc1. The zero-order chi connectivity index (χ0) is 13.3. The van der Waals surface area contributed by atoms with Gasteiger partial charge in [0.2, 0.25) is 0 Å². The molecule has 96 valence electrons. The molecule has 0 aliphatic carbocycles. The molecule has 0 radical (unpaired) electrons. The Balaban J connectivity index is 2.33. The Labute approximate surface area is 109 Å². The van der Waals surface area contributed by atoms with Crippen LogP contribution in [-0.4, -0.2) is 9.78 Å². The van der Waals surface area contributed by atoms with Gasteiger partial charge in [0.05, 0.1) is 5.69 Å². The minimum Gasteiger partial charge on any atom is -0.384 e. The van der Waals surface area contributed by atoms with Crippen molar-refractivity contribution in [2.24, 2.45) is 7.05 Å². The Hall–Kier alpha value is -1.77. The summed E-state index contributed by atoms with van der Waals surface area (Å²) in [5.41, 5.74) is 9.42. The highest BCUT2D eigenvalue weighted by Gasteiger charge is 2.17. The number of hydrogen-bond donors (Lipinski definition) is 1. The van der Waals surface area contributed by atoms with Gasteiger partial charge in [-0.25, -0.2) is 0 Å². The zero-order valence-corrected chi connectivity index (χ0v) is 11.6. The van der Waals surface area contributed by atoms with Crippen LogP contribution in [0.25, 0.3) is 11.3 Å². The first-order valence-electron chi connectivity index (χ1n) is 6.34. The van der Waals surface area contributed by atoms with E-state index >= 15 is 0 Å². The van der Waals surface area contributed by atoms with Gasteiger partial charge in [0.1, 0.15) is 5.82 Å². The van der Waals surface area contributed by atoms with Gasteiger partial charge in [-0.1, -0.05) is 45.0 Å². The summed E-state index contributed by atoms with van der Waals surface area (Å²) in [6.07, 6.45) is 1.13. The van der Waals surface area contributed by atoms with Gasteiger partial charge < -0.3 is 5.73 Å². The predicted octanol–water partition coefficient (Wildman–Crippen LogP) is 3.36. The summed E-state index contributed by atoms with van der Waals surface area (Å²) in [7, 11) is 1.85. The first-order valence-corrected chi connectivity index (χ1v) is 6.34. The molecular formula is C15H21N3. The maximum Gasteiger partial charge on any atom is 0.121 e. The molecule has 18 heavy (non-hydrogen) atoms. The molecule has 0 aliphatic rings. The van der Waals surface area contributed by atoms with E-state index in [0.29, 0.717) is 5.82 Å². The normalized spacial score (nSPS) is 11.8. The molecule has 0 saturated heterocycles. The van der Waals surface area contributed by atoms with E-state index < -0.39 is 0 Å². The van der Waals surface area contributed by atoms with Gasteiger partial charge in [0.25, 0.3) is 0 Å². The first kappa shape index (κ1) is 12.7. The third kappa shape index (κ3) is 2.26. The van der Waals surface area contributed by atoms with Crippen LogP contribution in [0.15, 0.2) is 30.3 Å². The van der Waals surface area contributed by atoms with Gasteiger partial charge in [0, 0.05) is 18.7 Å². The molecule has 2 aromatic rings. The second-order valence-corrected chi connectivity index (χ2v) is 5.39. The number of hydrogen-bond acceptors (Lipinski definition) is 2. The van der Waals surface area contributed by atoms with Gasteiger partial charge >= 0.3 is 0 Å². The van der Waals surface area contributed by atoms with E-state index in [2.05, 4.69) is 50.1 Å². The number of aryl methyl sites for hydroxylation is 1. The molecule has 1 aromatic heterocycles. The lowest BCUT2D eigenvalue weighted by Crippen LogP contribution is -2.14. The standard InChI is InChI=1S/C15H21N3/c1-5-15(2,3)12-8-6-11(7-9-12)13-10-14(16)18(4)17-13/h6-10H,5,16H2,1-4H3. The predicted molar refractivity (Wildman–Crippen MR) is 76.4 cm³/mol. The molecule has 3 heteroatoms. The fourth-order valence-corrected chi connectivity index (χ4v) is 1.92. The van der Waals surface area contributed by atoms with Crippen LogP contribution in [0, 0.1) is 0 Å². The van der Waals surface area contributed by atoms with E-state index in [1.165, 1.54) is 5.56 Å². The number of nitrogens with zero attached hydrogens (tertiary/aromatic N) is 2. The number of rotatable bonds is 3. The average molecular weight is 243 g/mol. The summed E-state index contributed by atoms with van der Waals surface area (Å²) in [6.45, 7) is 6.74. The summed E-state index contributed by atoms with van der Waals surface area (Å²) in [5.74, 6) is 0.683. The highest BCUT2D eigenvalue weighted by atomic mass is 15.3. The maximum atomic E-state index is 5.80. The van der Waals surface area contributed by atoms with Crippen LogP contribution < -0.4 is 5.73 Å². The van der Waals surface area contributed by atoms with Gasteiger partial charge in [-0.15, -0.1) is 0 Å². The quantitative estimate of drug-likeness (QED) is 0.898. The van der Waals surface area contributed by atoms with Gasteiger partial charge in [-0.3, -0.25) is 4.68 Å². The molecular weight excluding hydrogens is 222 g/mol. The number of nitrogens with two attached hydrogens (primary N) is 1. The Kier molecular flexibility index (Phi) is 3.16. The van der Waals surface area contributed by atoms with Crippen LogP contribution in [0.1, 0.15) is 32.8 Å². The topological polar surface area (TPSA) is 43.8 Å². The molecule has 0 aliphatic heterocycles. The first-order chi connectivity index (χ1) is 8.44. The van der Waals surface area contributed by atoms with Crippen LogP contribution in [0.3, 0.4) is 0 Å². The van der Waals surface area contributed by atoms with Gasteiger partial charge in [-0.05, 0) is 17.4 Å². The highest BCUT2D eigenvalue weighted by Crippen LogP contribution is 2.28. The third-order valence-electron chi connectivity index (χ3n) is 3.76. The summed E-state index contributed by atoms with van der Waals surface area (Å²) in [5, 5.41) is 4.38. The van der Waals surface area contributed by atoms with Crippen molar-refractivity contribution in [1.82, 2.24) is 9.78 Å². The van der Waals surface area contributed by atoms with Crippen LogP contribution in [0.5, 0.6) is 0 Å². The van der Waals surface area contributed by atoms with Crippen molar-refractivity contribution in [2.75, 3.05) is 5.73 Å². The second-order valence-electron chi connectivity index (χ2n) is 5.39. The monoisotopic (exact) mass is 243 g/mol. The molecule has 0 atom stereocenters. The van der Waals surface area contributed by atoms with E-state index in [-0.39, 0.29) is 5.41 Å². The van der Waals surface area contributed by atoms with Crippen molar-refractivity contribution in [3.05, 3.63) is 35.9 Å². The van der Waals surface area contributed by atoms with Crippen molar-refractivity contribution in [2.45, 2.75) is 32.6 Å². The summed E-state index contributed by atoms with van der Waals surface area (Å²) in [4.78, 5) is 0. The van der Waals surface area contributed by atoms with E-state index in [1.54, 1.807) is 4.68 Å². The summed E-state index contributed by atoms with van der Waals surface area (Å²) >= 11 is 0. The number of anilines is 1. The molecule has 0 bridgehead atoms. The van der Waals surface area contributed by atoms with E-state index in [0.717, 1.165) is 17.7 Å². The molecule has 0 unspecified atom stereocenters. The Morgan fingerprint density at radius 2 is 1.83 bits per heavy atom. The van der Waals surface area contributed by atoms with E-state index in [4.69, 9.17) is 5.73 Å². The Bertz CT molecular complexity index is 516. The number of aromatic nitrogens is 2. The van der Waals surface area contributed by atoms with Gasteiger partial charge in [-0.2, -0.15) is 5.10 Å². The second kappa shape index (κ2) is 4.48. The molecule has 1 aromatic carbocycles. The Morgan fingerprint density at radius 3 is 2.28 bits per heavy atom. The molecule has 2 N–H and O–H groups in total. The molecule has 0 amide bonds. The molecule has 2 rings (SSSR count). The van der Waals surface area contributed by atoms with E-state index in [1.807, 2.05) is 13.1 Å². The molecule has 3 nitrogen and oxygen atoms in total. The number of nitrogen functional groups attached to an aromatic ring is 1. The third-order valence-corrected chi connectivity index (χ3v) is 3.76. The molecule has 1 heterocycles. The maximum absolute atomic E-state index is 5.80. The van der Waals surface area contributed by atoms with Crippen LogP contribution in [-0.2, 0) is 12.5 Å². The van der Waals surface area contributed by atoms with Crippen molar-refractivity contribution >= 4 is 5.82 Å². The van der Waals surface area contributed by atoms with Gasteiger partial charge in [0.15, 0.2) is 0 Å². The summed E-state index contributed by atoms with van der Waals surface area (Å²) < 4.78 is 1.69. The zero-order valence-electron chi connectivity index (χ0n) is 11.6. The number of benzene rings is 1. The highest BCUT2D eigenvalue weighted by molar-refractivity contribution is 5.62. The van der Waals surface area contributed by atoms with Crippen molar-refractivity contribution in [1.29, 1.82) is 0 Å². The lowest BCUT2D eigenvalue weighted by molar-refractivity contribution is 0.506. The molecule has 0 spiro atoms. The van der Waals surface area contributed by atoms with Crippen LogP contribution in [0.4, 0.5) is 5.82 Å². The Morgan fingerprint density at radius 1 is 1.22 bits per heavy atom. The fourth-order valence-electron chi connectivity index (χ4n) is 1.92. The molecule has 0 saturated carbocycles. The van der Waals surface area contributed by atoms with E-state index in [9.17, 15) is 0 Å². The van der Waals surface area contributed by atoms with Crippen molar-refractivity contribution in [3.8, 4) is 11.3 Å². The van der Waals surface area contributed by atoms with Crippen LogP contribution >= 0.6 is 0 Å². The largest absolute Gasteiger partial charge is 0.384 e.